The van der Waals surface area contributed by atoms with Gasteiger partial charge in [-0.05, 0) is 31.7 Å². The summed E-state index contributed by atoms with van der Waals surface area (Å²) in [5, 5.41) is 0.192. The van der Waals surface area contributed by atoms with Crippen LogP contribution in [0.25, 0.3) is 11.0 Å². The molecule has 168 valence electrons. The van der Waals surface area contributed by atoms with Crippen molar-refractivity contribution in [2.24, 2.45) is 0 Å². The van der Waals surface area contributed by atoms with Gasteiger partial charge in [-0.2, -0.15) is 0 Å². The van der Waals surface area contributed by atoms with Crippen LogP contribution in [0, 0.1) is 0 Å². The molecule has 1 atom stereocenters. The van der Waals surface area contributed by atoms with Crippen molar-refractivity contribution in [2.75, 3.05) is 39.3 Å². The van der Waals surface area contributed by atoms with Crippen LogP contribution >= 0.6 is 0 Å². The molecule has 0 spiro atoms. The summed E-state index contributed by atoms with van der Waals surface area (Å²) < 4.78 is 7.15. The van der Waals surface area contributed by atoms with E-state index in [4.69, 9.17) is 4.74 Å². The molecule has 9 nitrogen and oxygen atoms in total. The van der Waals surface area contributed by atoms with Crippen molar-refractivity contribution in [1.82, 2.24) is 24.3 Å². The lowest BCUT2D eigenvalue weighted by Crippen LogP contribution is -2.50. The molecule has 0 bridgehead atoms. The highest BCUT2D eigenvalue weighted by molar-refractivity contribution is 6.05. The summed E-state index contributed by atoms with van der Waals surface area (Å²) in [6.45, 7) is 10.6. The van der Waals surface area contributed by atoms with Crippen molar-refractivity contribution < 1.29 is 9.53 Å². The summed E-state index contributed by atoms with van der Waals surface area (Å²) in [5.74, 6) is -0.128. The number of aromatic nitrogens is 3. The van der Waals surface area contributed by atoms with Crippen LogP contribution in [0.15, 0.2) is 15.7 Å². The fraction of sp³-hybridized carbons (Fsp3) is 0.636. The van der Waals surface area contributed by atoms with Crippen LogP contribution in [-0.4, -0.2) is 75.7 Å². The van der Waals surface area contributed by atoms with Crippen molar-refractivity contribution >= 4 is 16.9 Å². The van der Waals surface area contributed by atoms with Gasteiger partial charge in [0.05, 0.1) is 17.1 Å². The lowest BCUT2D eigenvalue weighted by Gasteiger charge is -2.36. The first kappa shape index (κ1) is 21.7. The number of hydrogen-bond donors (Lipinski definition) is 1. The summed E-state index contributed by atoms with van der Waals surface area (Å²) in [6.07, 6.45) is 2.51. The Hall–Kier alpha value is -2.52. The molecule has 9 heteroatoms. The normalized spacial score (nSPS) is 20.1. The average molecular weight is 430 g/mol. The van der Waals surface area contributed by atoms with Crippen molar-refractivity contribution in [3.63, 3.8) is 0 Å². The third kappa shape index (κ3) is 4.29. The molecule has 1 N–H and O–H groups in total. The van der Waals surface area contributed by atoms with Crippen molar-refractivity contribution in [2.45, 2.75) is 52.2 Å². The molecule has 0 saturated carbocycles. The lowest BCUT2D eigenvalue weighted by molar-refractivity contribution is 0.0433. The summed E-state index contributed by atoms with van der Waals surface area (Å²) in [4.78, 5) is 49.5. The van der Waals surface area contributed by atoms with Gasteiger partial charge in [0.25, 0.3) is 11.5 Å². The minimum atomic E-state index is -0.562. The van der Waals surface area contributed by atoms with Gasteiger partial charge in [-0.15, -0.1) is 0 Å². The molecular formula is C22H31N5O4. The second-order valence-electron chi connectivity index (χ2n) is 8.68. The molecule has 2 fully saturated rings. The Morgan fingerprint density at radius 3 is 2.61 bits per heavy atom. The van der Waals surface area contributed by atoms with Gasteiger partial charge in [0.1, 0.15) is 0 Å². The zero-order valence-electron chi connectivity index (χ0n) is 18.5. The highest BCUT2D eigenvalue weighted by Crippen LogP contribution is 2.22. The molecule has 31 heavy (non-hydrogen) atoms. The van der Waals surface area contributed by atoms with Gasteiger partial charge in [0, 0.05) is 51.6 Å². The molecule has 2 aliphatic heterocycles. The number of H-pyrrole nitrogens is 1. The number of hydrogen-bond acceptors (Lipinski definition) is 6. The number of piperazine rings is 1. The number of aryl methyl sites for hydroxylation is 1. The number of nitrogens with zero attached hydrogens (tertiary/aromatic N) is 4. The third-order valence-electron chi connectivity index (χ3n) is 6.25. The largest absolute Gasteiger partial charge is 0.377 e. The number of ether oxygens (including phenoxy) is 1. The minimum Gasteiger partial charge on any atom is -0.377 e. The second-order valence-corrected chi connectivity index (χ2v) is 8.68. The number of carbonyl (C=O) groups is 1. The Kier molecular flexibility index (Phi) is 6.24. The summed E-state index contributed by atoms with van der Waals surface area (Å²) in [5.41, 5.74) is 0.232. The monoisotopic (exact) mass is 429 g/mol. The number of carbonyl (C=O) groups excluding carboxylic acids is 1. The Morgan fingerprint density at radius 2 is 2.00 bits per heavy atom. The van der Waals surface area contributed by atoms with Crippen LogP contribution < -0.4 is 11.2 Å². The smallest absolute Gasteiger partial charge is 0.329 e. The van der Waals surface area contributed by atoms with Crippen molar-refractivity contribution in [3.8, 4) is 0 Å². The number of fused-ring (bicyclic) bond motifs is 1. The molecule has 2 aromatic rings. The van der Waals surface area contributed by atoms with E-state index in [9.17, 15) is 14.4 Å². The van der Waals surface area contributed by atoms with Gasteiger partial charge in [0.15, 0.2) is 5.65 Å². The predicted molar refractivity (Wildman–Crippen MR) is 118 cm³/mol. The first-order valence-corrected chi connectivity index (χ1v) is 11.2. The van der Waals surface area contributed by atoms with Crippen LogP contribution in [0.4, 0.5) is 0 Å². The highest BCUT2D eigenvalue weighted by Gasteiger charge is 2.28. The molecule has 1 amide bonds. The van der Waals surface area contributed by atoms with E-state index in [2.05, 4.69) is 14.9 Å². The van der Waals surface area contributed by atoms with E-state index in [1.165, 1.54) is 4.57 Å². The van der Waals surface area contributed by atoms with E-state index in [1.54, 1.807) is 11.0 Å². The van der Waals surface area contributed by atoms with E-state index in [0.717, 1.165) is 39.1 Å². The number of aromatic amines is 1. The SMILES string of the molecule is CCn1c(=O)[nH]c(=O)c2c(C(=O)N3CCN(CC4CCCO4)CC3)cc(C(C)C)nc21. The van der Waals surface area contributed by atoms with Gasteiger partial charge >= 0.3 is 5.69 Å². The van der Waals surface area contributed by atoms with Gasteiger partial charge in [-0.25, -0.2) is 9.78 Å². The molecule has 4 rings (SSSR count). The van der Waals surface area contributed by atoms with E-state index in [0.29, 0.717) is 37.0 Å². The topological polar surface area (TPSA) is 101 Å². The second kappa shape index (κ2) is 8.92. The Bertz CT molecular complexity index is 1080. The molecule has 2 saturated heterocycles. The molecule has 0 aromatic carbocycles. The number of pyridine rings is 1. The molecular weight excluding hydrogens is 398 g/mol. The lowest BCUT2D eigenvalue weighted by atomic mass is 10.0. The maximum Gasteiger partial charge on any atom is 0.329 e. The van der Waals surface area contributed by atoms with Gasteiger partial charge in [-0.3, -0.25) is 24.0 Å². The average Bonchev–Trinajstić information content (AvgIpc) is 3.26. The fourth-order valence-corrected chi connectivity index (χ4v) is 4.43. The number of rotatable bonds is 5. The molecule has 0 radical (unpaired) electrons. The third-order valence-corrected chi connectivity index (χ3v) is 6.25. The first-order chi connectivity index (χ1) is 14.9. The van der Waals surface area contributed by atoms with Crippen LogP contribution in [-0.2, 0) is 11.3 Å². The predicted octanol–water partition coefficient (Wildman–Crippen LogP) is 1.16. The van der Waals surface area contributed by atoms with E-state index in [-0.39, 0.29) is 22.9 Å². The van der Waals surface area contributed by atoms with Gasteiger partial charge in [-0.1, -0.05) is 13.8 Å². The van der Waals surface area contributed by atoms with E-state index in [1.807, 2.05) is 20.8 Å². The van der Waals surface area contributed by atoms with Crippen LogP contribution in [0.3, 0.4) is 0 Å². The molecule has 2 aromatic heterocycles. The maximum atomic E-state index is 13.5. The van der Waals surface area contributed by atoms with E-state index < -0.39 is 11.2 Å². The van der Waals surface area contributed by atoms with Crippen molar-refractivity contribution in [3.05, 3.63) is 38.2 Å². The minimum absolute atomic E-state index is 0.0545. The van der Waals surface area contributed by atoms with Crippen molar-refractivity contribution in [1.29, 1.82) is 0 Å². The number of nitrogens with one attached hydrogen (secondary N) is 1. The summed E-state index contributed by atoms with van der Waals surface area (Å²) >= 11 is 0. The quantitative estimate of drug-likeness (QED) is 0.766. The van der Waals surface area contributed by atoms with Crippen LogP contribution in [0.2, 0.25) is 0 Å². The first-order valence-electron chi connectivity index (χ1n) is 11.2. The Morgan fingerprint density at radius 1 is 1.26 bits per heavy atom. The molecule has 0 aliphatic carbocycles. The summed E-state index contributed by atoms with van der Waals surface area (Å²) in [7, 11) is 0. The summed E-state index contributed by atoms with van der Waals surface area (Å²) in [6, 6.07) is 1.72. The van der Waals surface area contributed by atoms with E-state index >= 15 is 0 Å². The fourth-order valence-electron chi connectivity index (χ4n) is 4.43. The standard InChI is InChI=1S/C22H31N5O4/c1-4-27-19-18(20(28)24-22(27)30)16(12-17(23-19)14(2)3)21(29)26-9-7-25(8-10-26)13-15-6-5-11-31-15/h12,14-15H,4-11,13H2,1-3H3,(H,24,28,30). The molecule has 1 unspecified atom stereocenters. The number of amides is 1. The highest BCUT2D eigenvalue weighted by atomic mass is 16.5. The van der Waals surface area contributed by atoms with Gasteiger partial charge in [0.2, 0.25) is 0 Å². The molecule has 2 aliphatic rings. The zero-order valence-corrected chi connectivity index (χ0v) is 18.5. The Balaban J connectivity index is 1.64. The van der Waals surface area contributed by atoms with Crippen LogP contribution in [0.5, 0.6) is 0 Å². The van der Waals surface area contributed by atoms with Gasteiger partial charge < -0.3 is 9.64 Å². The maximum absolute atomic E-state index is 13.5. The Labute approximate surface area is 181 Å². The van der Waals surface area contributed by atoms with Crippen LogP contribution in [0.1, 0.15) is 55.6 Å². The zero-order chi connectivity index (χ0) is 22.1. The molecule has 4 heterocycles.